The largest absolute Gasteiger partial charge is 0.352 e. The monoisotopic (exact) mass is 226 g/mol. The molecule has 15 heavy (non-hydrogen) atoms. The number of benzene rings is 1. The highest BCUT2D eigenvalue weighted by Gasteiger charge is 2.04. The lowest BCUT2D eigenvalue weighted by Gasteiger charge is -2.07. The fraction of sp³-hybridized carbons (Fsp3) is 0.364. The van der Waals surface area contributed by atoms with Gasteiger partial charge in [-0.2, -0.15) is 0 Å². The Morgan fingerprint density at radius 1 is 1.60 bits per heavy atom. The molecule has 4 heteroatoms. The van der Waals surface area contributed by atoms with Crippen molar-refractivity contribution in [3.05, 3.63) is 34.9 Å². The van der Waals surface area contributed by atoms with Gasteiger partial charge in [0.05, 0.1) is 0 Å². The summed E-state index contributed by atoms with van der Waals surface area (Å²) < 4.78 is 0. The first kappa shape index (κ1) is 12.0. The Kier molecular flexibility index (Phi) is 4.59. The van der Waals surface area contributed by atoms with E-state index in [0.717, 1.165) is 5.56 Å². The molecule has 0 saturated heterocycles. The van der Waals surface area contributed by atoms with E-state index in [1.54, 1.807) is 13.0 Å². The highest BCUT2D eigenvalue weighted by molar-refractivity contribution is 6.30. The van der Waals surface area contributed by atoms with Crippen LogP contribution in [0.15, 0.2) is 24.3 Å². The van der Waals surface area contributed by atoms with Gasteiger partial charge in [0.25, 0.3) is 0 Å². The molecule has 1 atom stereocenters. The Hall–Kier alpha value is -1.06. The number of nitrogens with one attached hydrogen (secondary N) is 1. The molecule has 82 valence electrons. The zero-order valence-corrected chi connectivity index (χ0v) is 9.42. The second kappa shape index (κ2) is 5.73. The Morgan fingerprint density at radius 2 is 2.33 bits per heavy atom. The van der Waals surface area contributed by atoms with E-state index >= 15 is 0 Å². The molecule has 1 unspecified atom stereocenters. The lowest BCUT2D eigenvalue weighted by Crippen LogP contribution is -2.29. The third-order valence-electron chi connectivity index (χ3n) is 1.89. The molecular weight excluding hydrogens is 212 g/mol. The van der Waals surface area contributed by atoms with Gasteiger partial charge in [-0.3, -0.25) is 4.79 Å². The first-order valence-corrected chi connectivity index (χ1v) is 5.22. The summed E-state index contributed by atoms with van der Waals surface area (Å²) in [7, 11) is 0. The number of nitrogens with two attached hydrogens (primary N) is 1. The predicted octanol–water partition coefficient (Wildman–Crippen LogP) is 1.69. The van der Waals surface area contributed by atoms with Crippen molar-refractivity contribution in [2.75, 3.05) is 0 Å². The van der Waals surface area contributed by atoms with E-state index in [2.05, 4.69) is 5.32 Å². The van der Waals surface area contributed by atoms with Gasteiger partial charge in [0, 0.05) is 24.0 Å². The van der Waals surface area contributed by atoms with E-state index < -0.39 is 0 Å². The predicted molar refractivity (Wildman–Crippen MR) is 61.6 cm³/mol. The van der Waals surface area contributed by atoms with Crippen LogP contribution in [0.3, 0.4) is 0 Å². The van der Waals surface area contributed by atoms with Gasteiger partial charge < -0.3 is 11.1 Å². The molecule has 1 aromatic carbocycles. The SMILES string of the molecule is CC(N)CC(=O)NCc1cccc(Cl)c1. The molecule has 0 saturated carbocycles. The topological polar surface area (TPSA) is 55.1 Å². The van der Waals surface area contributed by atoms with Crippen LogP contribution in [0.4, 0.5) is 0 Å². The summed E-state index contributed by atoms with van der Waals surface area (Å²) in [6.45, 7) is 2.30. The van der Waals surface area contributed by atoms with Crippen LogP contribution in [0.1, 0.15) is 18.9 Å². The number of hydrogen-bond acceptors (Lipinski definition) is 2. The second-order valence-corrected chi connectivity index (χ2v) is 4.02. The van der Waals surface area contributed by atoms with Gasteiger partial charge in [0.1, 0.15) is 0 Å². The van der Waals surface area contributed by atoms with Crippen molar-refractivity contribution >= 4 is 17.5 Å². The summed E-state index contributed by atoms with van der Waals surface area (Å²) in [5.74, 6) is -0.0371. The maximum Gasteiger partial charge on any atom is 0.221 e. The van der Waals surface area contributed by atoms with Crippen molar-refractivity contribution in [3.8, 4) is 0 Å². The molecule has 0 aliphatic carbocycles. The second-order valence-electron chi connectivity index (χ2n) is 3.59. The van der Waals surface area contributed by atoms with Crippen LogP contribution in [0.2, 0.25) is 5.02 Å². The smallest absolute Gasteiger partial charge is 0.221 e. The molecule has 0 spiro atoms. The van der Waals surface area contributed by atoms with E-state index in [4.69, 9.17) is 17.3 Å². The number of rotatable bonds is 4. The van der Waals surface area contributed by atoms with Crippen LogP contribution in [-0.2, 0) is 11.3 Å². The van der Waals surface area contributed by atoms with Gasteiger partial charge in [0.15, 0.2) is 0 Å². The number of hydrogen-bond donors (Lipinski definition) is 2. The zero-order valence-electron chi connectivity index (χ0n) is 8.66. The molecule has 0 heterocycles. The highest BCUT2D eigenvalue weighted by atomic mass is 35.5. The minimum atomic E-state index is -0.107. The zero-order chi connectivity index (χ0) is 11.3. The van der Waals surface area contributed by atoms with Gasteiger partial charge >= 0.3 is 0 Å². The summed E-state index contributed by atoms with van der Waals surface area (Å²) in [4.78, 5) is 11.3. The molecule has 0 aliphatic rings. The van der Waals surface area contributed by atoms with E-state index in [1.807, 2.05) is 18.2 Å². The van der Waals surface area contributed by atoms with Crippen molar-refractivity contribution in [2.24, 2.45) is 5.73 Å². The highest BCUT2D eigenvalue weighted by Crippen LogP contribution is 2.10. The quantitative estimate of drug-likeness (QED) is 0.821. The third-order valence-corrected chi connectivity index (χ3v) is 2.12. The van der Waals surface area contributed by atoms with Crippen LogP contribution in [0.25, 0.3) is 0 Å². The van der Waals surface area contributed by atoms with Gasteiger partial charge in [-0.05, 0) is 24.6 Å². The minimum absolute atomic E-state index is 0.0371. The molecule has 1 aromatic rings. The van der Waals surface area contributed by atoms with Crippen molar-refractivity contribution in [1.29, 1.82) is 0 Å². The van der Waals surface area contributed by atoms with Crippen LogP contribution in [0.5, 0.6) is 0 Å². The van der Waals surface area contributed by atoms with E-state index in [-0.39, 0.29) is 11.9 Å². The lowest BCUT2D eigenvalue weighted by molar-refractivity contribution is -0.121. The Bertz CT molecular complexity index is 339. The van der Waals surface area contributed by atoms with Crippen molar-refractivity contribution in [2.45, 2.75) is 25.9 Å². The average molecular weight is 227 g/mol. The minimum Gasteiger partial charge on any atom is -0.352 e. The standard InChI is InChI=1S/C11H15ClN2O/c1-8(13)5-11(15)14-7-9-3-2-4-10(12)6-9/h2-4,6,8H,5,7,13H2,1H3,(H,14,15). The van der Waals surface area contributed by atoms with Gasteiger partial charge in [0.2, 0.25) is 5.91 Å². The first-order valence-electron chi connectivity index (χ1n) is 4.84. The lowest BCUT2D eigenvalue weighted by atomic mass is 10.2. The summed E-state index contributed by atoms with van der Waals surface area (Å²) in [5.41, 5.74) is 6.49. The number of carbonyl (C=O) groups is 1. The van der Waals surface area contributed by atoms with Gasteiger partial charge in [-0.15, -0.1) is 0 Å². The molecule has 3 N–H and O–H groups in total. The number of halogens is 1. The van der Waals surface area contributed by atoms with E-state index in [9.17, 15) is 4.79 Å². The Labute approximate surface area is 94.6 Å². The van der Waals surface area contributed by atoms with Crippen LogP contribution in [-0.4, -0.2) is 11.9 Å². The Balaban J connectivity index is 2.40. The van der Waals surface area contributed by atoms with Gasteiger partial charge in [-0.1, -0.05) is 23.7 Å². The number of amides is 1. The summed E-state index contributed by atoms with van der Waals surface area (Å²) in [5, 5.41) is 3.45. The van der Waals surface area contributed by atoms with Crippen LogP contribution < -0.4 is 11.1 Å². The van der Waals surface area contributed by atoms with Crippen molar-refractivity contribution in [3.63, 3.8) is 0 Å². The number of carbonyl (C=O) groups excluding carboxylic acids is 1. The average Bonchev–Trinajstić information content (AvgIpc) is 2.14. The van der Waals surface area contributed by atoms with Crippen LogP contribution in [0, 0.1) is 0 Å². The molecule has 1 amide bonds. The van der Waals surface area contributed by atoms with Gasteiger partial charge in [-0.25, -0.2) is 0 Å². The Morgan fingerprint density at radius 3 is 2.93 bits per heavy atom. The maximum absolute atomic E-state index is 11.3. The fourth-order valence-corrected chi connectivity index (χ4v) is 1.43. The molecule has 0 radical (unpaired) electrons. The summed E-state index contributed by atoms with van der Waals surface area (Å²) in [6.07, 6.45) is 0.348. The normalized spacial score (nSPS) is 12.2. The maximum atomic E-state index is 11.3. The third kappa shape index (κ3) is 4.81. The molecule has 0 bridgehead atoms. The van der Waals surface area contributed by atoms with Crippen LogP contribution >= 0.6 is 11.6 Å². The molecule has 0 fully saturated rings. The summed E-state index contributed by atoms with van der Waals surface area (Å²) >= 11 is 5.81. The van der Waals surface area contributed by atoms with E-state index in [1.165, 1.54) is 0 Å². The van der Waals surface area contributed by atoms with E-state index in [0.29, 0.717) is 18.0 Å². The molecule has 3 nitrogen and oxygen atoms in total. The molecule has 0 aromatic heterocycles. The molecule has 0 aliphatic heterocycles. The van der Waals surface area contributed by atoms with Crippen molar-refractivity contribution in [1.82, 2.24) is 5.32 Å². The summed E-state index contributed by atoms with van der Waals surface area (Å²) in [6, 6.07) is 7.29. The fourth-order valence-electron chi connectivity index (χ4n) is 1.21. The first-order chi connectivity index (χ1) is 7.08. The van der Waals surface area contributed by atoms with Crippen molar-refractivity contribution < 1.29 is 4.79 Å². The molecule has 1 rings (SSSR count). The molecular formula is C11H15ClN2O.